The van der Waals surface area contributed by atoms with Crippen molar-refractivity contribution in [2.75, 3.05) is 27.4 Å². The highest BCUT2D eigenvalue weighted by atomic mass is 19.4. The Bertz CT molecular complexity index is 1780. The minimum atomic E-state index is -5.02. The SMILES string of the molecule is COc1ccc(C(OC[C@H]2O[C@@H](n3cc(CCCNC(=O)C(F)(F)F)c(=O)[nH]c3=O)C[C@@H]2O)(c2ccccc2)c2ccc(OC)cc2)cc1. The van der Waals surface area contributed by atoms with Crippen LogP contribution in [0.2, 0.25) is 0 Å². The van der Waals surface area contributed by atoms with Crippen LogP contribution in [0.1, 0.15) is 41.3 Å². The van der Waals surface area contributed by atoms with Crippen LogP contribution < -0.4 is 26.0 Å². The van der Waals surface area contributed by atoms with E-state index in [2.05, 4.69) is 4.98 Å². The number of methoxy groups -OCH3 is 2. The van der Waals surface area contributed by atoms with Crippen molar-refractivity contribution in [3.63, 3.8) is 0 Å². The molecule has 2 heterocycles. The fourth-order valence-corrected chi connectivity index (χ4v) is 5.82. The van der Waals surface area contributed by atoms with Crippen molar-refractivity contribution in [2.45, 2.75) is 49.5 Å². The molecule has 0 unspecified atom stereocenters. The molecule has 1 aromatic heterocycles. The first-order valence-corrected chi connectivity index (χ1v) is 15.5. The van der Waals surface area contributed by atoms with Gasteiger partial charge in [0.2, 0.25) is 0 Å². The summed E-state index contributed by atoms with van der Waals surface area (Å²) in [5, 5.41) is 12.9. The van der Waals surface area contributed by atoms with Gasteiger partial charge in [0.25, 0.3) is 5.56 Å². The lowest BCUT2D eigenvalue weighted by atomic mass is 9.80. The van der Waals surface area contributed by atoms with Gasteiger partial charge < -0.3 is 29.4 Å². The molecule has 1 aliphatic rings. The molecular weight excluding hydrogens is 647 g/mol. The van der Waals surface area contributed by atoms with Crippen molar-refractivity contribution in [1.29, 1.82) is 0 Å². The van der Waals surface area contributed by atoms with Gasteiger partial charge in [-0.05, 0) is 53.8 Å². The molecule has 5 rings (SSSR count). The smallest absolute Gasteiger partial charge is 0.471 e. The van der Waals surface area contributed by atoms with Crippen LogP contribution in [0.25, 0.3) is 0 Å². The quantitative estimate of drug-likeness (QED) is 0.143. The monoisotopic (exact) mass is 683 g/mol. The first kappa shape index (κ1) is 35.4. The maximum absolute atomic E-state index is 12.8. The number of carbonyl (C=O) groups is 1. The lowest BCUT2D eigenvalue weighted by Crippen LogP contribution is -2.38. The summed E-state index contributed by atoms with van der Waals surface area (Å²) in [6, 6.07) is 24.4. The van der Waals surface area contributed by atoms with Gasteiger partial charge in [0.05, 0.1) is 26.9 Å². The van der Waals surface area contributed by atoms with E-state index in [4.69, 9.17) is 18.9 Å². The Labute approximate surface area is 279 Å². The maximum atomic E-state index is 12.8. The Kier molecular flexibility index (Phi) is 10.9. The Hall–Kier alpha value is -4.92. The number of alkyl halides is 3. The van der Waals surface area contributed by atoms with Crippen LogP contribution in [0.3, 0.4) is 0 Å². The molecule has 1 fully saturated rings. The third kappa shape index (κ3) is 7.88. The molecule has 1 aliphatic heterocycles. The number of H-pyrrole nitrogens is 1. The van der Waals surface area contributed by atoms with Gasteiger partial charge in [0.1, 0.15) is 29.4 Å². The molecule has 3 atom stereocenters. The van der Waals surface area contributed by atoms with Crippen LogP contribution in [0, 0.1) is 0 Å². The van der Waals surface area contributed by atoms with E-state index in [0.29, 0.717) is 11.5 Å². The third-order valence-corrected chi connectivity index (χ3v) is 8.36. The average Bonchev–Trinajstić information content (AvgIpc) is 3.47. The molecule has 0 aliphatic carbocycles. The minimum absolute atomic E-state index is 0.00596. The van der Waals surface area contributed by atoms with Crippen molar-refractivity contribution < 1.29 is 42.0 Å². The van der Waals surface area contributed by atoms with E-state index in [-0.39, 0.29) is 38.0 Å². The van der Waals surface area contributed by atoms with Gasteiger partial charge in [-0.1, -0.05) is 54.6 Å². The predicted molar refractivity (Wildman–Crippen MR) is 172 cm³/mol. The standard InChI is InChI=1S/C35H36F3N3O8/c1-46-26-14-10-24(11-15-26)34(23-8-4-3-5-9-23,25-12-16-27(47-2)17-13-25)48-21-29-28(42)19-30(49-29)41-20-22(31(43)40-33(41)45)7-6-18-39-32(44)35(36,37)38/h3-5,8-17,20,28-30,42H,6-7,18-19,21H2,1-2H3,(H,39,44)(H,40,43,45)/t28-,29+,30+/m0/s1. The molecule has 14 heteroatoms. The highest BCUT2D eigenvalue weighted by molar-refractivity contribution is 5.81. The van der Waals surface area contributed by atoms with Crippen LogP contribution in [0.15, 0.2) is 94.6 Å². The molecular formula is C35H36F3N3O8. The molecule has 3 N–H and O–H groups in total. The minimum Gasteiger partial charge on any atom is -0.497 e. The van der Waals surface area contributed by atoms with Crippen LogP contribution >= 0.6 is 0 Å². The Morgan fingerprint density at radius 2 is 1.51 bits per heavy atom. The zero-order valence-electron chi connectivity index (χ0n) is 26.7. The second-order valence-electron chi connectivity index (χ2n) is 11.4. The zero-order valence-corrected chi connectivity index (χ0v) is 26.7. The number of aromatic nitrogens is 2. The topological polar surface area (TPSA) is 141 Å². The van der Waals surface area contributed by atoms with Gasteiger partial charge in [-0.15, -0.1) is 0 Å². The number of hydrogen-bond acceptors (Lipinski definition) is 8. The number of ether oxygens (including phenoxy) is 4. The second-order valence-corrected chi connectivity index (χ2v) is 11.4. The summed E-state index contributed by atoms with van der Waals surface area (Å²) in [6.45, 7) is -0.449. The summed E-state index contributed by atoms with van der Waals surface area (Å²) in [4.78, 5) is 38.5. The molecule has 0 spiro atoms. The van der Waals surface area contributed by atoms with Crippen molar-refractivity contribution >= 4 is 5.91 Å². The summed E-state index contributed by atoms with van der Waals surface area (Å²) >= 11 is 0. The van der Waals surface area contributed by atoms with Crippen molar-refractivity contribution in [3.05, 3.63) is 128 Å². The zero-order chi connectivity index (χ0) is 35.2. The van der Waals surface area contributed by atoms with Gasteiger partial charge >= 0.3 is 17.8 Å². The average molecular weight is 684 g/mol. The fraction of sp³-hybridized carbons (Fsp3) is 0.343. The van der Waals surface area contributed by atoms with Crippen molar-refractivity contribution in [2.24, 2.45) is 0 Å². The van der Waals surface area contributed by atoms with Gasteiger partial charge in [0, 0.05) is 24.7 Å². The van der Waals surface area contributed by atoms with Gasteiger partial charge in [0.15, 0.2) is 0 Å². The number of hydrogen-bond donors (Lipinski definition) is 3. The summed E-state index contributed by atoms with van der Waals surface area (Å²) in [5.41, 5.74) is -0.266. The van der Waals surface area contributed by atoms with Crippen LogP contribution in [0.5, 0.6) is 11.5 Å². The molecule has 3 aromatic carbocycles. The van der Waals surface area contributed by atoms with E-state index in [9.17, 15) is 32.7 Å². The normalized spacial score (nSPS) is 17.9. The third-order valence-electron chi connectivity index (χ3n) is 8.36. The number of aromatic amines is 1. The number of benzene rings is 3. The van der Waals surface area contributed by atoms with Gasteiger partial charge in [-0.2, -0.15) is 13.2 Å². The predicted octanol–water partition coefficient (Wildman–Crippen LogP) is 3.82. The molecule has 1 amide bonds. The van der Waals surface area contributed by atoms with Crippen LogP contribution in [0.4, 0.5) is 13.2 Å². The van der Waals surface area contributed by atoms with Crippen LogP contribution in [-0.4, -0.2) is 66.3 Å². The number of carbonyl (C=O) groups excluding carboxylic acids is 1. The van der Waals surface area contributed by atoms with Crippen molar-refractivity contribution in [1.82, 2.24) is 14.9 Å². The molecule has 0 saturated carbocycles. The lowest BCUT2D eigenvalue weighted by Gasteiger charge is -2.37. The first-order chi connectivity index (χ1) is 23.5. The second kappa shape index (κ2) is 15.1. The lowest BCUT2D eigenvalue weighted by molar-refractivity contribution is -0.173. The molecule has 11 nitrogen and oxygen atoms in total. The summed E-state index contributed by atoms with van der Waals surface area (Å²) in [7, 11) is 3.15. The summed E-state index contributed by atoms with van der Waals surface area (Å²) in [6.07, 6.45) is -6.74. The summed E-state index contributed by atoms with van der Waals surface area (Å²) in [5.74, 6) is -0.785. The number of aliphatic hydroxyl groups is 1. The van der Waals surface area contributed by atoms with E-state index >= 15 is 0 Å². The molecule has 0 radical (unpaired) electrons. The van der Waals surface area contributed by atoms with E-state index < -0.39 is 47.4 Å². The molecule has 49 heavy (non-hydrogen) atoms. The number of rotatable bonds is 13. The maximum Gasteiger partial charge on any atom is 0.471 e. The molecule has 0 bridgehead atoms. The molecule has 4 aromatic rings. The number of nitrogens with one attached hydrogen (secondary N) is 2. The highest BCUT2D eigenvalue weighted by Crippen LogP contribution is 2.42. The Morgan fingerprint density at radius 1 is 0.939 bits per heavy atom. The van der Waals surface area contributed by atoms with E-state index in [1.54, 1.807) is 19.5 Å². The van der Waals surface area contributed by atoms with Crippen LogP contribution in [-0.2, 0) is 26.3 Å². The Morgan fingerprint density at radius 3 is 2.06 bits per heavy atom. The Balaban J connectivity index is 1.40. The molecule has 1 saturated heterocycles. The van der Waals surface area contributed by atoms with Gasteiger partial charge in [-0.3, -0.25) is 19.1 Å². The van der Waals surface area contributed by atoms with Crippen molar-refractivity contribution in [3.8, 4) is 11.5 Å². The molecule has 260 valence electrons. The van der Waals surface area contributed by atoms with E-state index in [0.717, 1.165) is 21.3 Å². The number of aryl methyl sites for hydroxylation is 1. The first-order valence-electron chi connectivity index (χ1n) is 15.5. The van der Waals surface area contributed by atoms with E-state index in [1.165, 1.54) is 6.20 Å². The number of nitrogens with zero attached hydrogens (tertiary/aromatic N) is 1. The summed E-state index contributed by atoms with van der Waals surface area (Å²) < 4.78 is 62.3. The number of aliphatic hydroxyl groups excluding tert-OH is 1. The highest BCUT2D eigenvalue weighted by Gasteiger charge is 2.42. The number of halogens is 3. The van der Waals surface area contributed by atoms with Gasteiger partial charge in [-0.25, -0.2) is 4.79 Å². The van der Waals surface area contributed by atoms with E-state index in [1.807, 2.05) is 78.9 Å². The fourth-order valence-electron chi connectivity index (χ4n) is 5.82. The number of amides is 1. The largest absolute Gasteiger partial charge is 0.497 e.